The highest BCUT2D eigenvalue weighted by atomic mass is 35.5. The molecule has 3 nitrogen and oxygen atoms in total. The fraction of sp³-hybridized carbons (Fsp3) is 0.917. The lowest BCUT2D eigenvalue weighted by molar-refractivity contribution is -0.179. The van der Waals surface area contributed by atoms with Gasteiger partial charge in [-0.15, -0.1) is 12.4 Å². The topological polar surface area (TPSA) is 63.3 Å². The largest absolute Gasteiger partial charge is 0.481 e. The second-order valence-corrected chi connectivity index (χ2v) is 6.21. The molecule has 0 amide bonds. The first-order chi connectivity index (χ1) is 6.96. The van der Waals surface area contributed by atoms with E-state index in [9.17, 15) is 9.90 Å². The van der Waals surface area contributed by atoms with Crippen LogP contribution in [-0.4, -0.2) is 16.6 Å². The zero-order valence-corrected chi connectivity index (χ0v) is 10.4. The molecule has 4 heteroatoms. The third-order valence-corrected chi connectivity index (χ3v) is 5.47. The van der Waals surface area contributed by atoms with Gasteiger partial charge in [0.2, 0.25) is 0 Å². The number of hydrogen-bond donors (Lipinski definition) is 2. The van der Waals surface area contributed by atoms with E-state index >= 15 is 0 Å². The molecule has 4 bridgehead atoms. The van der Waals surface area contributed by atoms with Gasteiger partial charge in [0, 0.05) is 5.54 Å². The fourth-order valence-corrected chi connectivity index (χ4v) is 4.69. The lowest BCUT2D eigenvalue weighted by Gasteiger charge is -2.63. The molecule has 4 aliphatic rings. The van der Waals surface area contributed by atoms with Gasteiger partial charge in [-0.25, -0.2) is 0 Å². The van der Waals surface area contributed by atoms with E-state index in [4.69, 9.17) is 5.73 Å². The molecule has 4 aliphatic carbocycles. The summed E-state index contributed by atoms with van der Waals surface area (Å²) in [5.74, 6) is 1.07. The van der Waals surface area contributed by atoms with Crippen LogP contribution < -0.4 is 5.73 Å². The molecule has 0 aromatic rings. The average Bonchev–Trinajstić information content (AvgIpc) is 2.13. The Kier molecular flexibility index (Phi) is 2.56. The average molecular weight is 246 g/mol. The van der Waals surface area contributed by atoms with Crippen molar-refractivity contribution in [3.8, 4) is 0 Å². The molecule has 0 aromatic heterocycles. The Labute approximate surface area is 102 Å². The number of carbonyl (C=O) groups is 1. The van der Waals surface area contributed by atoms with Crippen molar-refractivity contribution in [3.63, 3.8) is 0 Å². The predicted octanol–water partition coefficient (Wildman–Crippen LogP) is 2.04. The molecule has 3 atom stereocenters. The summed E-state index contributed by atoms with van der Waals surface area (Å²) in [5, 5.41) is 9.53. The van der Waals surface area contributed by atoms with Crippen molar-refractivity contribution in [3.05, 3.63) is 0 Å². The number of rotatable bonds is 1. The standard InChI is InChI=1S/C12H19NO2.ClH/c1-11(13)9-3-7-2-8(4-9)6-12(11,5-7)10(14)15;/h7-9H,2-6,13H2,1H3,(H,14,15);1H. The molecule has 16 heavy (non-hydrogen) atoms. The Balaban J connectivity index is 0.000000963. The predicted molar refractivity (Wildman–Crippen MR) is 63.5 cm³/mol. The number of halogens is 1. The van der Waals surface area contributed by atoms with E-state index in [1.165, 1.54) is 19.3 Å². The van der Waals surface area contributed by atoms with Crippen LogP contribution in [0.15, 0.2) is 0 Å². The number of carboxylic acid groups (broad SMARTS) is 1. The van der Waals surface area contributed by atoms with Crippen LogP contribution in [0, 0.1) is 23.2 Å². The summed E-state index contributed by atoms with van der Waals surface area (Å²) >= 11 is 0. The zero-order chi connectivity index (χ0) is 10.8. The molecule has 0 aliphatic heterocycles. The van der Waals surface area contributed by atoms with Crippen LogP contribution in [0.5, 0.6) is 0 Å². The van der Waals surface area contributed by atoms with Crippen LogP contribution in [0.25, 0.3) is 0 Å². The van der Waals surface area contributed by atoms with Gasteiger partial charge in [0.05, 0.1) is 5.41 Å². The van der Waals surface area contributed by atoms with E-state index in [2.05, 4.69) is 0 Å². The highest BCUT2D eigenvalue weighted by Gasteiger charge is 2.65. The Morgan fingerprint density at radius 1 is 1.25 bits per heavy atom. The summed E-state index contributed by atoms with van der Waals surface area (Å²) in [6.45, 7) is 1.98. The first kappa shape index (κ1) is 12.2. The second-order valence-electron chi connectivity index (χ2n) is 6.21. The zero-order valence-electron chi connectivity index (χ0n) is 9.61. The minimum atomic E-state index is -0.647. The van der Waals surface area contributed by atoms with E-state index in [1.807, 2.05) is 6.92 Å². The molecule has 4 rings (SSSR count). The normalized spacial score (nSPS) is 53.5. The number of nitrogens with two attached hydrogens (primary N) is 1. The van der Waals surface area contributed by atoms with Gasteiger partial charge in [-0.05, 0) is 56.8 Å². The molecule has 4 fully saturated rings. The number of aliphatic carboxylic acids is 1. The lowest BCUT2D eigenvalue weighted by Crippen LogP contribution is -2.70. The summed E-state index contributed by atoms with van der Waals surface area (Å²) < 4.78 is 0. The summed E-state index contributed by atoms with van der Waals surface area (Å²) in [4.78, 5) is 11.6. The van der Waals surface area contributed by atoms with Crippen molar-refractivity contribution in [1.29, 1.82) is 0 Å². The van der Waals surface area contributed by atoms with Gasteiger partial charge in [-0.1, -0.05) is 0 Å². The van der Waals surface area contributed by atoms with Gasteiger partial charge in [0.15, 0.2) is 0 Å². The summed E-state index contributed by atoms with van der Waals surface area (Å²) in [6, 6.07) is 0. The molecule has 0 saturated heterocycles. The number of carboxylic acids is 1. The van der Waals surface area contributed by atoms with Crippen LogP contribution in [0.3, 0.4) is 0 Å². The second kappa shape index (κ2) is 3.36. The van der Waals surface area contributed by atoms with Crippen molar-refractivity contribution in [2.24, 2.45) is 28.9 Å². The molecular formula is C12H20ClNO2. The monoisotopic (exact) mass is 245 g/mol. The maximum atomic E-state index is 11.6. The van der Waals surface area contributed by atoms with Crippen LogP contribution in [-0.2, 0) is 4.79 Å². The highest BCUT2D eigenvalue weighted by molar-refractivity contribution is 5.85. The Morgan fingerprint density at radius 2 is 1.75 bits per heavy atom. The van der Waals surface area contributed by atoms with Crippen LogP contribution in [0.4, 0.5) is 0 Å². The van der Waals surface area contributed by atoms with Gasteiger partial charge >= 0.3 is 5.97 Å². The molecular weight excluding hydrogens is 226 g/mol. The lowest BCUT2D eigenvalue weighted by atomic mass is 9.42. The fourth-order valence-electron chi connectivity index (χ4n) is 4.69. The van der Waals surface area contributed by atoms with Gasteiger partial charge in [0.25, 0.3) is 0 Å². The first-order valence-electron chi connectivity index (χ1n) is 5.98. The van der Waals surface area contributed by atoms with Crippen LogP contribution in [0.2, 0.25) is 0 Å². The minimum Gasteiger partial charge on any atom is -0.481 e. The summed E-state index contributed by atoms with van der Waals surface area (Å²) in [5.41, 5.74) is 5.28. The van der Waals surface area contributed by atoms with Crippen molar-refractivity contribution in [2.75, 3.05) is 0 Å². The summed E-state index contributed by atoms with van der Waals surface area (Å²) in [6.07, 6.45) is 5.23. The molecule has 0 aromatic carbocycles. The molecule has 0 spiro atoms. The molecule has 3 unspecified atom stereocenters. The van der Waals surface area contributed by atoms with Crippen LogP contribution >= 0.6 is 12.4 Å². The minimum absolute atomic E-state index is 0. The SMILES string of the molecule is CC1(N)C2CC3CC(C2)CC1(C(=O)O)C3.Cl. The van der Waals surface area contributed by atoms with E-state index in [0.29, 0.717) is 17.8 Å². The smallest absolute Gasteiger partial charge is 0.311 e. The van der Waals surface area contributed by atoms with E-state index in [0.717, 1.165) is 12.8 Å². The van der Waals surface area contributed by atoms with Gasteiger partial charge in [0.1, 0.15) is 0 Å². The molecule has 0 heterocycles. The van der Waals surface area contributed by atoms with Crippen molar-refractivity contribution in [1.82, 2.24) is 0 Å². The van der Waals surface area contributed by atoms with Gasteiger partial charge < -0.3 is 10.8 Å². The summed E-state index contributed by atoms with van der Waals surface area (Å²) in [7, 11) is 0. The quantitative estimate of drug-likeness (QED) is 0.743. The maximum Gasteiger partial charge on any atom is 0.311 e. The van der Waals surface area contributed by atoms with Crippen molar-refractivity contribution < 1.29 is 9.90 Å². The van der Waals surface area contributed by atoms with Crippen molar-refractivity contribution >= 4 is 18.4 Å². The molecule has 92 valence electrons. The van der Waals surface area contributed by atoms with E-state index < -0.39 is 16.9 Å². The third-order valence-electron chi connectivity index (χ3n) is 5.47. The van der Waals surface area contributed by atoms with Gasteiger partial charge in [-0.2, -0.15) is 0 Å². The molecule has 4 saturated carbocycles. The highest BCUT2D eigenvalue weighted by Crippen LogP contribution is 2.63. The number of hydrogen-bond acceptors (Lipinski definition) is 2. The van der Waals surface area contributed by atoms with Crippen LogP contribution in [0.1, 0.15) is 39.0 Å². The Bertz CT molecular complexity index is 315. The Hall–Kier alpha value is -0.280. The first-order valence-corrected chi connectivity index (χ1v) is 5.98. The Morgan fingerprint density at radius 3 is 2.19 bits per heavy atom. The molecule has 3 N–H and O–H groups in total. The van der Waals surface area contributed by atoms with Gasteiger partial charge in [-0.3, -0.25) is 4.79 Å². The van der Waals surface area contributed by atoms with Crippen molar-refractivity contribution in [2.45, 2.75) is 44.6 Å². The molecule has 0 radical (unpaired) electrons. The van der Waals surface area contributed by atoms with E-state index in [1.54, 1.807) is 0 Å². The maximum absolute atomic E-state index is 11.6. The van der Waals surface area contributed by atoms with E-state index in [-0.39, 0.29) is 12.4 Å². The third kappa shape index (κ3) is 1.22.